The van der Waals surface area contributed by atoms with Crippen molar-refractivity contribution in [3.8, 4) is 11.5 Å². The molecule has 1 aromatic carbocycles. The van der Waals surface area contributed by atoms with Gasteiger partial charge in [-0.3, -0.25) is 4.84 Å². The Morgan fingerprint density at radius 3 is 2.32 bits per heavy atom. The van der Waals surface area contributed by atoms with Crippen molar-refractivity contribution in [3.63, 3.8) is 0 Å². The van der Waals surface area contributed by atoms with Crippen LogP contribution in [0.25, 0.3) is 0 Å². The summed E-state index contributed by atoms with van der Waals surface area (Å²) in [6.07, 6.45) is 1.12. The molecule has 0 atom stereocenters. The maximum atomic E-state index is 13.1. The van der Waals surface area contributed by atoms with Crippen LogP contribution in [-0.4, -0.2) is 38.9 Å². The number of fused-ring (bicyclic) bond motifs is 1. The lowest BCUT2D eigenvalue weighted by Crippen LogP contribution is -2.31. The van der Waals surface area contributed by atoms with E-state index in [1.165, 1.54) is 27.2 Å². The number of carbonyl (C=O) groups is 1. The Balaban J connectivity index is 2.09. The van der Waals surface area contributed by atoms with Gasteiger partial charge in [0.25, 0.3) is 0 Å². The number of hydrogen-bond acceptors (Lipinski definition) is 8. The Morgan fingerprint density at radius 1 is 1.28 bits per heavy atom. The van der Waals surface area contributed by atoms with Crippen LogP contribution in [0, 0.1) is 0 Å². The van der Waals surface area contributed by atoms with Crippen molar-refractivity contribution < 1.29 is 23.2 Å². The first-order chi connectivity index (χ1) is 11.8. The summed E-state index contributed by atoms with van der Waals surface area (Å²) in [5.74, 6) is 0.810. The van der Waals surface area contributed by atoms with Crippen LogP contribution >= 0.6 is 31.6 Å². The molecule has 11 heteroatoms. The molecule has 0 spiro atoms. The average Bonchev–Trinajstić information content (AvgIpc) is 2.93. The van der Waals surface area contributed by atoms with Gasteiger partial charge in [0.1, 0.15) is 5.04 Å². The lowest BCUT2D eigenvalue weighted by Gasteiger charge is -2.29. The molecule has 0 saturated carbocycles. The van der Waals surface area contributed by atoms with Gasteiger partial charge >= 0.3 is 13.8 Å². The standard InChI is InChI=1S/C14H20N3O5PS2/c1-10(2)17(25-16(4)14(18)20-15-11(3)24-5)23(19)21-12-8-6-7-9-13(12)22-23/h6-10H,1-5H3. The summed E-state index contributed by atoms with van der Waals surface area (Å²) in [4.78, 5) is 16.9. The van der Waals surface area contributed by atoms with Crippen molar-refractivity contribution >= 4 is 42.8 Å². The molecule has 0 N–H and O–H groups in total. The van der Waals surface area contributed by atoms with Crippen LogP contribution in [0.5, 0.6) is 11.5 Å². The molecular weight excluding hydrogens is 385 g/mol. The minimum atomic E-state index is -3.65. The number of amides is 1. The molecule has 1 aliphatic rings. The predicted octanol–water partition coefficient (Wildman–Crippen LogP) is 4.60. The van der Waals surface area contributed by atoms with E-state index in [9.17, 15) is 9.36 Å². The molecule has 0 unspecified atom stereocenters. The second kappa shape index (κ2) is 8.35. The van der Waals surface area contributed by atoms with Crippen molar-refractivity contribution in [2.75, 3.05) is 13.3 Å². The Labute approximate surface area is 155 Å². The van der Waals surface area contributed by atoms with Crippen molar-refractivity contribution in [2.45, 2.75) is 26.8 Å². The number of nitrogens with zero attached hydrogens (tertiary/aromatic N) is 3. The largest absolute Gasteiger partial charge is 0.527 e. The summed E-state index contributed by atoms with van der Waals surface area (Å²) in [5.41, 5.74) is 0. The Hall–Kier alpha value is -1.35. The monoisotopic (exact) mass is 405 g/mol. The molecule has 1 aromatic rings. The fourth-order valence-electron chi connectivity index (χ4n) is 1.73. The Kier molecular flexibility index (Phi) is 6.67. The van der Waals surface area contributed by atoms with Gasteiger partial charge in [-0.25, -0.2) is 13.7 Å². The summed E-state index contributed by atoms with van der Waals surface area (Å²) in [7, 11) is -2.16. The van der Waals surface area contributed by atoms with Gasteiger partial charge in [0.2, 0.25) is 0 Å². The molecule has 0 bridgehead atoms. The smallest absolute Gasteiger partial charge is 0.400 e. The fourth-order valence-corrected chi connectivity index (χ4v) is 4.83. The molecule has 0 radical (unpaired) electrons. The van der Waals surface area contributed by atoms with Crippen LogP contribution < -0.4 is 9.05 Å². The number of para-hydroxylation sites is 2. The number of hydrogen-bond donors (Lipinski definition) is 0. The minimum absolute atomic E-state index is 0.239. The zero-order valence-electron chi connectivity index (χ0n) is 14.5. The molecule has 2 rings (SSSR count). The van der Waals surface area contributed by atoms with Crippen LogP contribution in [-0.2, 0) is 9.40 Å². The Bertz CT molecular complexity index is 686. The molecule has 1 amide bonds. The number of benzene rings is 1. The van der Waals surface area contributed by atoms with Crippen molar-refractivity contribution in [1.82, 2.24) is 8.38 Å². The van der Waals surface area contributed by atoms with Gasteiger partial charge in [-0.1, -0.05) is 17.3 Å². The molecule has 25 heavy (non-hydrogen) atoms. The molecule has 8 nitrogen and oxygen atoms in total. The summed E-state index contributed by atoms with van der Waals surface area (Å²) in [5, 5.41) is 4.30. The van der Waals surface area contributed by atoms with E-state index in [1.54, 1.807) is 31.2 Å². The second-order valence-corrected chi connectivity index (χ2v) is 9.35. The molecule has 1 heterocycles. The van der Waals surface area contributed by atoms with E-state index in [0.717, 1.165) is 12.1 Å². The first-order valence-electron chi connectivity index (χ1n) is 7.36. The Morgan fingerprint density at radius 2 is 1.84 bits per heavy atom. The summed E-state index contributed by atoms with van der Waals surface area (Å²) in [6, 6.07) is 6.64. The van der Waals surface area contributed by atoms with E-state index in [-0.39, 0.29) is 6.04 Å². The third-order valence-corrected chi connectivity index (χ3v) is 7.24. The minimum Gasteiger partial charge on any atom is -0.400 e. The van der Waals surface area contributed by atoms with Crippen LogP contribution in [0.15, 0.2) is 29.4 Å². The van der Waals surface area contributed by atoms with Crippen molar-refractivity contribution in [3.05, 3.63) is 24.3 Å². The fraction of sp³-hybridized carbons (Fsp3) is 0.429. The number of rotatable bonds is 5. The van der Waals surface area contributed by atoms with E-state index in [1.807, 2.05) is 20.1 Å². The van der Waals surface area contributed by atoms with Gasteiger partial charge in [-0.05, 0) is 39.2 Å². The van der Waals surface area contributed by atoms with Crippen LogP contribution in [0.2, 0.25) is 0 Å². The van der Waals surface area contributed by atoms with Crippen molar-refractivity contribution in [1.29, 1.82) is 0 Å². The van der Waals surface area contributed by atoms with E-state index in [2.05, 4.69) is 5.16 Å². The summed E-state index contributed by atoms with van der Waals surface area (Å²) >= 11 is 2.25. The maximum Gasteiger partial charge on any atom is 0.527 e. The van der Waals surface area contributed by atoms with Crippen LogP contribution in [0.1, 0.15) is 20.8 Å². The third kappa shape index (κ3) is 4.84. The molecule has 0 aliphatic carbocycles. The first-order valence-corrected chi connectivity index (χ1v) is 10.8. The lowest BCUT2D eigenvalue weighted by molar-refractivity contribution is 0.136. The molecule has 0 saturated heterocycles. The highest BCUT2D eigenvalue weighted by molar-refractivity contribution is 8.13. The highest BCUT2D eigenvalue weighted by Crippen LogP contribution is 2.63. The highest BCUT2D eigenvalue weighted by atomic mass is 32.2. The highest BCUT2D eigenvalue weighted by Gasteiger charge is 2.46. The van der Waals surface area contributed by atoms with E-state index < -0.39 is 13.8 Å². The van der Waals surface area contributed by atoms with E-state index in [4.69, 9.17) is 13.9 Å². The number of carbonyl (C=O) groups excluding carboxylic acids is 1. The molecule has 138 valence electrons. The lowest BCUT2D eigenvalue weighted by atomic mass is 10.3. The van der Waals surface area contributed by atoms with Gasteiger partial charge in [0.15, 0.2) is 11.5 Å². The molecule has 0 aromatic heterocycles. The summed E-state index contributed by atoms with van der Waals surface area (Å²) < 4.78 is 26.8. The summed E-state index contributed by atoms with van der Waals surface area (Å²) in [6.45, 7) is 5.36. The van der Waals surface area contributed by atoms with Gasteiger partial charge in [-0.2, -0.15) is 0 Å². The average molecular weight is 405 g/mol. The topological polar surface area (TPSA) is 80.7 Å². The van der Waals surface area contributed by atoms with Crippen LogP contribution in [0.4, 0.5) is 4.79 Å². The van der Waals surface area contributed by atoms with Crippen molar-refractivity contribution in [2.24, 2.45) is 5.16 Å². The normalized spacial score (nSPS) is 15.6. The third-order valence-electron chi connectivity index (χ3n) is 2.97. The van der Waals surface area contributed by atoms with Gasteiger partial charge in [-0.15, -0.1) is 15.8 Å². The zero-order valence-corrected chi connectivity index (χ0v) is 17.1. The SMILES string of the molecule is CSC(C)=NOC(=O)N(C)SN(C(C)C)P1(=O)Oc2ccccc2O1. The second-order valence-electron chi connectivity index (χ2n) is 5.24. The molecule has 0 fully saturated rings. The zero-order chi connectivity index (χ0) is 18.6. The quantitative estimate of drug-likeness (QED) is 0.176. The van der Waals surface area contributed by atoms with E-state index in [0.29, 0.717) is 16.5 Å². The van der Waals surface area contributed by atoms with E-state index >= 15 is 0 Å². The molecular formula is C14H20N3O5PS2. The molecule has 1 aliphatic heterocycles. The number of thioether (sulfide) groups is 1. The number of oxime groups is 1. The van der Waals surface area contributed by atoms with Gasteiger partial charge in [0.05, 0.1) is 12.1 Å². The van der Waals surface area contributed by atoms with Crippen LogP contribution in [0.3, 0.4) is 0 Å². The first kappa shape index (κ1) is 20.0. The van der Waals surface area contributed by atoms with Gasteiger partial charge in [0, 0.05) is 13.1 Å². The maximum absolute atomic E-state index is 13.1. The predicted molar refractivity (Wildman–Crippen MR) is 101 cm³/mol. The van der Waals surface area contributed by atoms with Gasteiger partial charge < -0.3 is 9.05 Å².